The van der Waals surface area contributed by atoms with Crippen molar-refractivity contribution in [3.63, 3.8) is 0 Å². The van der Waals surface area contributed by atoms with Crippen LogP contribution in [0.4, 0.5) is 0 Å². The maximum Gasteiger partial charge on any atom is 0.239 e. The molecule has 3 rings (SSSR count). The fourth-order valence-electron chi connectivity index (χ4n) is 2.18. The summed E-state index contributed by atoms with van der Waals surface area (Å²) in [5.41, 5.74) is 0.738. The SMILES string of the molecule is O=C(C#CN1CCCC1)c1csc2ccccc12. The first-order chi connectivity index (χ1) is 8.84. The Morgan fingerprint density at radius 3 is 2.83 bits per heavy atom. The molecule has 0 atom stereocenters. The van der Waals surface area contributed by atoms with Gasteiger partial charge in [0.25, 0.3) is 0 Å². The van der Waals surface area contributed by atoms with Gasteiger partial charge in [-0.3, -0.25) is 4.79 Å². The van der Waals surface area contributed by atoms with Gasteiger partial charge in [-0.2, -0.15) is 0 Å². The minimum absolute atomic E-state index is 0.0700. The second kappa shape index (κ2) is 4.83. The van der Waals surface area contributed by atoms with Crippen molar-refractivity contribution in [3.8, 4) is 12.0 Å². The minimum Gasteiger partial charge on any atom is -0.332 e. The van der Waals surface area contributed by atoms with E-state index in [1.807, 2.05) is 34.5 Å². The monoisotopic (exact) mass is 255 g/mol. The van der Waals surface area contributed by atoms with Crippen LogP contribution in [0.5, 0.6) is 0 Å². The lowest BCUT2D eigenvalue weighted by atomic mass is 10.1. The van der Waals surface area contributed by atoms with Gasteiger partial charge in [0.05, 0.1) is 0 Å². The van der Waals surface area contributed by atoms with Crippen LogP contribution in [0.25, 0.3) is 10.1 Å². The number of hydrogen-bond donors (Lipinski definition) is 0. The van der Waals surface area contributed by atoms with E-state index < -0.39 is 0 Å². The molecule has 90 valence electrons. The van der Waals surface area contributed by atoms with Crippen LogP contribution in [0.3, 0.4) is 0 Å². The van der Waals surface area contributed by atoms with Crippen LogP contribution in [0.15, 0.2) is 29.6 Å². The molecule has 18 heavy (non-hydrogen) atoms. The van der Waals surface area contributed by atoms with E-state index in [-0.39, 0.29) is 5.78 Å². The highest BCUT2D eigenvalue weighted by molar-refractivity contribution is 7.17. The predicted octanol–water partition coefficient (Wildman–Crippen LogP) is 3.14. The van der Waals surface area contributed by atoms with Gasteiger partial charge in [-0.15, -0.1) is 11.3 Å². The highest BCUT2D eigenvalue weighted by Crippen LogP contribution is 2.25. The summed E-state index contributed by atoms with van der Waals surface area (Å²) < 4.78 is 1.14. The van der Waals surface area contributed by atoms with E-state index in [0.717, 1.165) is 28.7 Å². The molecule has 2 heterocycles. The number of benzene rings is 1. The van der Waals surface area contributed by atoms with Crippen LogP contribution in [0, 0.1) is 12.0 Å². The van der Waals surface area contributed by atoms with Crippen molar-refractivity contribution in [1.29, 1.82) is 0 Å². The summed E-state index contributed by atoms with van der Waals surface area (Å²) in [7, 11) is 0. The Hall–Kier alpha value is -1.79. The van der Waals surface area contributed by atoms with Gasteiger partial charge in [-0.25, -0.2) is 0 Å². The molecule has 0 spiro atoms. The Kier molecular flexibility index (Phi) is 3.04. The molecule has 0 unspecified atom stereocenters. The number of Topliss-reactive ketones (excluding diaryl/α,β-unsaturated/α-hetero) is 1. The molecule has 1 aromatic heterocycles. The minimum atomic E-state index is -0.0700. The van der Waals surface area contributed by atoms with Gasteiger partial charge >= 0.3 is 0 Å². The van der Waals surface area contributed by atoms with E-state index in [1.165, 1.54) is 12.8 Å². The normalized spacial score (nSPS) is 14.6. The fraction of sp³-hybridized carbons (Fsp3) is 0.267. The number of likely N-dealkylation sites (tertiary alicyclic amines) is 1. The molecule has 0 aliphatic carbocycles. The number of thiophene rings is 1. The summed E-state index contributed by atoms with van der Waals surface area (Å²) in [5, 5.41) is 2.93. The number of ketones is 1. The van der Waals surface area contributed by atoms with E-state index in [1.54, 1.807) is 11.3 Å². The van der Waals surface area contributed by atoms with Crippen molar-refractivity contribution in [2.24, 2.45) is 0 Å². The number of fused-ring (bicyclic) bond motifs is 1. The lowest BCUT2D eigenvalue weighted by Crippen LogP contribution is -2.12. The lowest BCUT2D eigenvalue weighted by molar-refractivity contribution is 0.105. The van der Waals surface area contributed by atoms with Gasteiger partial charge in [0.1, 0.15) is 0 Å². The predicted molar refractivity (Wildman–Crippen MR) is 74.7 cm³/mol. The standard InChI is InChI=1S/C15H13NOS/c17-14(7-10-16-8-3-4-9-16)13-11-18-15-6-2-1-5-12(13)15/h1-2,5-6,11H,3-4,8-9H2. The fourth-order valence-corrected chi connectivity index (χ4v) is 3.12. The Morgan fingerprint density at radius 1 is 1.22 bits per heavy atom. The Morgan fingerprint density at radius 2 is 2.00 bits per heavy atom. The molecule has 2 aromatic rings. The summed E-state index contributed by atoms with van der Waals surface area (Å²) in [6.45, 7) is 1.98. The first kappa shape index (κ1) is 11.3. The molecule has 2 nitrogen and oxygen atoms in total. The van der Waals surface area contributed by atoms with E-state index >= 15 is 0 Å². The second-order valence-corrected chi connectivity index (χ2v) is 5.32. The summed E-state index contributed by atoms with van der Waals surface area (Å²) in [6, 6.07) is 10.9. The number of hydrogen-bond acceptors (Lipinski definition) is 3. The molecular formula is C15H13NOS. The van der Waals surface area contributed by atoms with Crippen molar-refractivity contribution in [1.82, 2.24) is 4.90 Å². The average molecular weight is 255 g/mol. The summed E-state index contributed by atoms with van der Waals surface area (Å²) >= 11 is 1.60. The van der Waals surface area contributed by atoms with E-state index in [2.05, 4.69) is 12.0 Å². The van der Waals surface area contributed by atoms with Gasteiger partial charge in [0, 0.05) is 40.2 Å². The highest BCUT2D eigenvalue weighted by Gasteiger charge is 2.11. The van der Waals surface area contributed by atoms with Gasteiger partial charge in [0.2, 0.25) is 5.78 Å². The lowest BCUT2D eigenvalue weighted by Gasteiger charge is -2.04. The zero-order valence-electron chi connectivity index (χ0n) is 9.98. The summed E-state index contributed by atoms with van der Waals surface area (Å²) in [5.74, 6) is 2.69. The molecule has 0 radical (unpaired) electrons. The molecule has 1 fully saturated rings. The third-order valence-corrected chi connectivity index (χ3v) is 4.12. The van der Waals surface area contributed by atoms with Crippen molar-refractivity contribution in [2.45, 2.75) is 12.8 Å². The van der Waals surface area contributed by atoms with Gasteiger partial charge < -0.3 is 4.90 Å². The smallest absolute Gasteiger partial charge is 0.239 e. The molecule has 3 heteroatoms. The highest BCUT2D eigenvalue weighted by atomic mass is 32.1. The quantitative estimate of drug-likeness (QED) is 0.576. The number of rotatable bonds is 1. The summed E-state index contributed by atoms with van der Waals surface area (Å²) in [4.78, 5) is 14.1. The van der Waals surface area contributed by atoms with Crippen molar-refractivity contribution < 1.29 is 4.79 Å². The van der Waals surface area contributed by atoms with Crippen LogP contribution in [-0.4, -0.2) is 23.8 Å². The molecule has 0 bridgehead atoms. The molecule has 1 aliphatic rings. The van der Waals surface area contributed by atoms with E-state index in [9.17, 15) is 4.79 Å². The number of carbonyl (C=O) groups excluding carboxylic acids is 1. The largest absolute Gasteiger partial charge is 0.332 e. The maximum atomic E-state index is 12.1. The molecular weight excluding hydrogens is 242 g/mol. The molecule has 0 N–H and O–H groups in total. The van der Waals surface area contributed by atoms with Crippen LogP contribution in [0.2, 0.25) is 0 Å². The average Bonchev–Trinajstić information content (AvgIpc) is 3.05. The zero-order valence-corrected chi connectivity index (χ0v) is 10.8. The zero-order chi connectivity index (χ0) is 12.4. The molecule has 1 aliphatic heterocycles. The van der Waals surface area contributed by atoms with Crippen LogP contribution >= 0.6 is 11.3 Å². The van der Waals surface area contributed by atoms with Crippen molar-refractivity contribution >= 4 is 27.2 Å². The van der Waals surface area contributed by atoms with E-state index in [0.29, 0.717) is 0 Å². The van der Waals surface area contributed by atoms with E-state index in [4.69, 9.17) is 0 Å². The van der Waals surface area contributed by atoms with Gasteiger partial charge in [-0.05, 0) is 24.8 Å². The van der Waals surface area contributed by atoms with Crippen LogP contribution in [-0.2, 0) is 0 Å². The first-order valence-corrected chi connectivity index (χ1v) is 7.00. The number of carbonyl (C=O) groups is 1. The Labute approximate surface area is 110 Å². The molecule has 0 amide bonds. The third kappa shape index (κ3) is 2.12. The topological polar surface area (TPSA) is 20.3 Å². The third-order valence-electron chi connectivity index (χ3n) is 3.16. The maximum absolute atomic E-state index is 12.1. The van der Waals surface area contributed by atoms with Crippen molar-refractivity contribution in [2.75, 3.05) is 13.1 Å². The van der Waals surface area contributed by atoms with Gasteiger partial charge in [0.15, 0.2) is 0 Å². The van der Waals surface area contributed by atoms with Crippen molar-refractivity contribution in [3.05, 3.63) is 35.2 Å². The van der Waals surface area contributed by atoms with Gasteiger partial charge in [-0.1, -0.05) is 18.2 Å². The first-order valence-electron chi connectivity index (χ1n) is 6.12. The molecule has 1 saturated heterocycles. The number of nitrogens with zero attached hydrogens (tertiary/aromatic N) is 1. The van der Waals surface area contributed by atoms with Crippen LogP contribution < -0.4 is 0 Å². The Bertz CT molecular complexity index is 641. The Balaban J connectivity index is 1.87. The molecule has 0 saturated carbocycles. The van der Waals surface area contributed by atoms with Crippen LogP contribution in [0.1, 0.15) is 23.2 Å². The second-order valence-electron chi connectivity index (χ2n) is 4.41. The summed E-state index contributed by atoms with van der Waals surface area (Å²) in [6.07, 6.45) is 2.37. The molecule has 1 aromatic carbocycles.